The van der Waals surface area contributed by atoms with Crippen molar-refractivity contribution in [2.24, 2.45) is 5.41 Å². The molecule has 204 valence electrons. The van der Waals surface area contributed by atoms with Gasteiger partial charge >= 0.3 is 6.18 Å². The highest BCUT2D eigenvalue weighted by Crippen LogP contribution is 2.35. The van der Waals surface area contributed by atoms with E-state index >= 15 is 0 Å². The Kier molecular flexibility index (Phi) is 7.19. The maximum Gasteiger partial charge on any atom is 0.393 e. The predicted molar refractivity (Wildman–Crippen MR) is 136 cm³/mol. The second-order valence-corrected chi connectivity index (χ2v) is 11.3. The molecule has 2 saturated heterocycles. The van der Waals surface area contributed by atoms with Gasteiger partial charge in [-0.3, -0.25) is 4.98 Å². The molecule has 11 heteroatoms. The quantitative estimate of drug-likeness (QED) is 0.468. The molecule has 0 radical (unpaired) electrons. The molecule has 0 unspecified atom stereocenters. The maximum absolute atomic E-state index is 13.5. The second kappa shape index (κ2) is 10.3. The molecule has 2 aliphatic rings. The van der Waals surface area contributed by atoms with Crippen molar-refractivity contribution >= 4 is 5.69 Å². The fourth-order valence-electron chi connectivity index (χ4n) is 4.78. The van der Waals surface area contributed by atoms with Crippen molar-refractivity contribution < 1.29 is 22.6 Å². The van der Waals surface area contributed by atoms with Crippen LogP contribution in [0.5, 0.6) is 0 Å². The number of nitrogens with zero attached hydrogens (tertiary/aromatic N) is 5. The molecule has 2 aromatic heterocycles. The van der Waals surface area contributed by atoms with E-state index in [4.69, 9.17) is 9.47 Å². The molecule has 8 nitrogen and oxygen atoms in total. The van der Waals surface area contributed by atoms with E-state index in [0.29, 0.717) is 50.7 Å². The number of halogens is 3. The fraction of sp³-hybridized carbons (Fsp3) is 0.519. The van der Waals surface area contributed by atoms with Crippen molar-refractivity contribution in [2.45, 2.75) is 58.3 Å². The molecule has 0 aliphatic carbocycles. The van der Waals surface area contributed by atoms with Crippen LogP contribution in [0, 0.1) is 5.41 Å². The van der Waals surface area contributed by atoms with E-state index in [0.717, 1.165) is 11.4 Å². The van der Waals surface area contributed by atoms with Gasteiger partial charge in [-0.25, -0.2) is 4.68 Å². The van der Waals surface area contributed by atoms with Gasteiger partial charge < -0.3 is 19.7 Å². The standard InChI is InChI=1S/C27H33F3N6O2/c1-25(2)17-37-24(38-18-25)14-36-13-23(33-34-36)22-8-7-21(10-19(22)11-27(28,29)30)35-15-26(3,16-35)32-12-20-6-4-5-9-31-20/h4-10,13,24,32H,11-12,14-18H2,1-3H3. The van der Waals surface area contributed by atoms with Crippen molar-refractivity contribution in [2.75, 3.05) is 31.2 Å². The van der Waals surface area contributed by atoms with Crippen LogP contribution in [0.15, 0.2) is 48.8 Å². The zero-order chi connectivity index (χ0) is 27.0. The molecule has 0 spiro atoms. The number of hydrogen-bond acceptors (Lipinski definition) is 7. The number of nitrogens with one attached hydrogen (secondary N) is 1. The normalized spacial score (nSPS) is 19.4. The Bertz CT molecular complexity index is 1230. The third-order valence-corrected chi connectivity index (χ3v) is 6.82. The lowest BCUT2D eigenvalue weighted by molar-refractivity contribution is -0.227. The van der Waals surface area contributed by atoms with Gasteiger partial charge in [0, 0.05) is 42.5 Å². The molecule has 0 saturated carbocycles. The molecule has 0 amide bonds. The first-order valence-electron chi connectivity index (χ1n) is 12.7. The van der Waals surface area contributed by atoms with Crippen LogP contribution in [0.2, 0.25) is 0 Å². The molecule has 2 fully saturated rings. The van der Waals surface area contributed by atoms with E-state index in [1.165, 1.54) is 0 Å². The van der Waals surface area contributed by atoms with E-state index in [1.807, 2.05) is 24.3 Å². The molecule has 3 aromatic rings. The first-order chi connectivity index (χ1) is 18.0. The Balaban J connectivity index is 1.27. The summed E-state index contributed by atoms with van der Waals surface area (Å²) in [5, 5.41) is 11.8. The zero-order valence-corrected chi connectivity index (χ0v) is 21.8. The first kappa shape index (κ1) is 26.6. The molecular weight excluding hydrogens is 497 g/mol. The molecule has 5 rings (SSSR count). The van der Waals surface area contributed by atoms with Gasteiger partial charge in [0.25, 0.3) is 0 Å². The monoisotopic (exact) mass is 530 g/mol. The average Bonchev–Trinajstić information content (AvgIpc) is 3.30. The largest absolute Gasteiger partial charge is 0.393 e. The van der Waals surface area contributed by atoms with Crippen molar-refractivity contribution in [3.8, 4) is 11.3 Å². The molecule has 0 atom stereocenters. The van der Waals surface area contributed by atoms with Crippen molar-refractivity contribution in [1.29, 1.82) is 0 Å². The second-order valence-electron chi connectivity index (χ2n) is 11.3. The predicted octanol–water partition coefficient (Wildman–Crippen LogP) is 4.21. The number of ether oxygens (including phenoxy) is 2. The molecule has 38 heavy (non-hydrogen) atoms. The summed E-state index contributed by atoms with van der Waals surface area (Å²) in [6, 6.07) is 11.0. The van der Waals surface area contributed by atoms with Crippen LogP contribution in [0.3, 0.4) is 0 Å². The minimum Gasteiger partial charge on any atom is -0.368 e. The Labute approximate surface area is 220 Å². The Morgan fingerprint density at radius 1 is 1.08 bits per heavy atom. The highest BCUT2D eigenvalue weighted by molar-refractivity contribution is 5.68. The number of anilines is 1. The Morgan fingerprint density at radius 3 is 2.53 bits per heavy atom. The molecule has 1 aromatic carbocycles. The molecule has 1 N–H and O–H groups in total. The lowest BCUT2D eigenvalue weighted by Gasteiger charge is -2.50. The third kappa shape index (κ3) is 6.51. The number of rotatable bonds is 8. The summed E-state index contributed by atoms with van der Waals surface area (Å²) >= 11 is 0. The lowest BCUT2D eigenvalue weighted by Crippen LogP contribution is -2.67. The van der Waals surface area contributed by atoms with Gasteiger partial charge in [0.2, 0.25) is 0 Å². The van der Waals surface area contributed by atoms with Crippen LogP contribution in [0.4, 0.5) is 18.9 Å². The van der Waals surface area contributed by atoms with Crippen molar-refractivity contribution in [3.05, 3.63) is 60.0 Å². The number of alkyl halides is 3. The Morgan fingerprint density at radius 2 is 1.84 bits per heavy atom. The van der Waals surface area contributed by atoms with Crippen LogP contribution in [-0.4, -0.2) is 64.3 Å². The van der Waals surface area contributed by atoms with E-state index in [1.54, 1.807) is 29.2 Å². The van der Waals surface area contributed by atoms with Gasteiger partial charge in [-0.1, -0.05) is 31.2 Å². The summed E-state index contributed by atoms with van der Waals surface area (Å²) in [5.74, 6) is 0. The number of aromatic nitrogens is 4. The molecule has 4 heterocycles. The first-order valence-corrected chi connectivity index (χ1v) is 12.7. The summed E-state index contributed by atoms with van der Waals surface area (Å²) in [5.41, 5.74) is 2.47. The number of hydrogen-bond donors (Lipinski definition) is 1. The number of benzene rings is 1. The van der Waals surface area contributed by atoms with E-state index < -0.39 is 18.9 Å². The number of pyridine rings is 1. The summed E-state index contributed by atoms with van der Waals surface area (Å²) in [6.07, 6.45) is -2.47. The fourth-order valence-corrected chi connectivity index (χ4v) is 4.78. The molecule has 0 bridgehead atoms. The van der Waals surface area contributed by atoms with Crippen molar-refractivity contribution in [1.82, 2.24) is 25.3 Å². The van der Waals surface area contributed by atoms with Crippen LogP contribution < -0.4 is 10.2 Å². The van der Waals surface area contributed by atoms with Crippen LogP contribution in [0.25, 0.3) is 11.3 Å². The molecule has 2 aliphatic heterocycles. The van der Waals surface area contributed by atoms with Gasteiger partial charge in [-0.05, 0) is 36.8 Å². The maximum atomic E-state index is 13.5. The summed E-state index contributed by atoms with van der Waals surface area (Å²) in [7, 11) is 0. The summed E-state index contributed by atoms with van der Waals surface area (Å²) in [6.45, 7) is 9.65. The lowest BCUT2D eigenvalue weighted by atomic mass is 9.90. The molecular formula is C27H33F3N6O2. The topological polar surface area (TPSA) is 77.3 Å². The zero-order valence-electron chi connectivity index (χ0n) is 21.8. The minimum atomic E-state index is -4.35. The Hall–Kier alpha value is -3.02. The van der Waals surface area contributed by atoms with Gasteiger partial charge in [-0.15, -0.1) is 5.10 Å². The summed E-state index contributed by atoms with van der Waals surface area (Å²) < 4.78 is 53.6. The minimum absolute atomic E-state index is 0.0542. The average molecular weight is 531 g/mol. The van der Waals surface area contributed by atoms with Gasteiger partial charge in [0.1, 0.15) is 5.69 Å². The third-order valence-electron chi connectivity index (χ3n) is 6.82. The summed E-state index contributed by atoms with van der Waals surface area (Å²) in [4.78, 5) is 6.41. The van der Waals surface area contributed by atoms with Crippen LogP contribution in [0.1, 0.15) is 32.0 Å². The highest BCUT2D eigenvalue weighted by Gasteiger charge is 2.39. The van der Waals surface area contributed by atoms with Crippen LogP contribution >= 0.6 is 0 Å². The van der Waals surface area contributed by atoms with E-state index in [2.05, 4.69) is 46.3 Å². The highest BCUT2D eigenvalue weighted by atomic mass is 19.4. The van der Waals surface area contributed by atoms with Gasteiger partial charge in [0.05, 0.1) is 43.6 Å². The van der Waals surface area contributed by atoms with E-state index in [-0.39, 0.29) is 16.5 Å². The van der Waals surface area contributed by atoms with Crippen molar-refractivity contribution in [3.63, 3.8) is 0 Å². The van der Waals surface area contributed by atoms with E-state index in [9.17, 15) is 13.2 Å². The van der Waals surface area contributed by atoms with Gasteiger partial charge in [0.15, 0.2) is 6.29 Å². The SMILES string of the molecule is CC1(C)COC(Cn2cc(-c3ccc(N4CC(C)(NCc5ccccn5)C4)cc3CC(F)(F)F)nn2)OC1. The van der Waals surface area contributed by atoms with Crippen LogP contribution in [-0.2, 0) is 29.0 Å². The van der Waals surface area contributed by atoms with Gasteiger partial charge in [-0.2, -0.15) is 13.2 Å². The smallest absolute Gasteiger partial charge is 0.368 e.